The van der Waals surface area contributed by atoms with E-state index < -0.39 is 0 Å². The Morgan fingerprint density at radius 2 is 1.83 bits per heavy atom. The summed E-state index contributed by atoms with van der Waals surface area (Å²) in [5.74, 6) is 0.126. The van der Waals surface area contributed by atoms with Crippen LogP contribution in [0, 0.1) is 5.41 Å². The number of nitrogens with one attached hydrogen (secondary N) is 2. The van der Waals surface area contributed by atoms with E-state index in [9.17, 15) is 9.59 Å². The molecule has 0 spiro atoms. The fourth-order valence-electron chi connectivity index (χ4n) is 3.08. The molecule has 0 bridgehead atoms. The normalized spacial score (nSPS) is 15.9. The first kappa shape index (κ1) is 16.3. The molecular formula is C19H22N2O3. The number of carbonyl (C=O) groups excluding carboxylic acids is 2. The Hall–Kier alpha value is -2.56. The van der Waals surface area contributed by atoms with Crippen LogP contribution in [-0.2, 0) is 11.3 Å². The first-order valence-corrected chi connectivity index (χ1v) is 8.29. The Bertz CT molecular complexity index is 699. The van der Waals surface area contributed by atoms with Crippen molar-refractivity contribution in [2.24, 2.45) is 5.41 Å². The molecule has 5 nitrogen and oxygen atoms in total. The molecule has 1 aliphatic carbocycles. The lowest BCUT2D eigenvalue weighted by molar-refractivity contribution is -0.130. The highest BCUT2D eigenvalue weighted by molar-refractivity contribution is 6.02. The fraction of sp³-hybridized carbons (Fsp3) is 0.368. The van der Waals surface area contributed by atoms with Crippen LogP contribution in [0.5, 0.6) is 0 Å². The van der Waals surface area contributed by atoms with Crippen molar-refractivity contribution >= 4 is 17.5 Å². The molecule has 0 saturated heterocycles. The van der Waals surface area contributed by atoms with Gasteiger partial charge in [0, 0.05) is 17.6 Å². The van der Waals surface area contributed by atoms with Crippen LogP contribution in [0.3, 0.4) is 0 Å². The lowest BCUT2D eigenvalue weighted by Gasteiger charge is -2.22. The van der Waals surface area contributed by atoms with Crippen LogP contribution in [0.1, 0.15) is 48.7 Å². The maximum absolute atomic E-state index is 12.3. The summed E-state index contributed by atoms with van der Waals surface area (Å²) in [7, 11) is 0. The zero-order valence-corrected chi connectivity index (χ0v) is 13.8. The van der Waals surface area contributed by atoms with E-state index in [0.29, 0.717) is 12.2 Å². The zero-order chi connectivity index (χ0) is 17.0. The summed E-state index contributed by atoms with van der Waals surface area (Å²) in [6, 6.07) is 10.7. The summed E-state index contributed by atoms with van der Waals surface area (Å²) >= 11 is 0. The second-order valence-corrected chi connectivity index (χ2v) is 6.58. The number of rotatable bonds is 5. The second kappa shape index (κ2) is 6.91. The van der Waals surface area contributed by atoms with Crippen molar-refractivity contribution in [2.75, 3.05) is 5.32 Å². The van der Waals surface area contributed by atoms with Gasteiger partial charge in [-0.15, -0.1) is 0 Å². The van der Waals surface area contributed by atoms with E-state index in [0.717, 1.165) is 31.2 Å². The van der Waals surface area contributed by atoms with Crippen molar-refractivity contribution in [3.05, 3.63) is 54.0 Å². The topological polar surface area (TPSA) is 71.3 Å². The Balaban J connectivity index is 1.53. The summed E-state index contributed by atoms with van der Waals surface area (Å²) in [6.45, 7) is 2.55. The lowest BCUT2D eigenvalue weighted by atomic mass is 9.88. The van der Waals surface area contributed by atoms with Crippen LogP contribution < -0.4 is 10.6 Å². The molecular weight excluding hydrogens is 304 g/mol. The molecule has 0 atom stereocenters. The Morgan fingerprint density at radius 3 is 2.46 bits per heavy atom. The van der Waals surface area contributed by atoms with Crippen molar-refractivity contribution in [3.63, 3.8) is 0 Å². The maximum Gasteiger partial charge on any atom is 0.291 e. The second-order valence-electron chi connectivity index (χ2n) is 6.58. The molecule has 1 fully saturated rings. The van der Waals surface area contributed by atoms with E-state index >= 15 is 0 Å². The third-order valence-electron chi connectivity index (χ3n) is 4.67. The van der Waals surface area contributed by atoms with Crippen LogP contribution in [0.2, 0.25) is 0 Å². The standard InChI is InChI=1S/C19H22N2O3/c1-19(10-2-3-11-19)18(23)20-13-14-6-8-15(9-7-14)21-17(22)16-5-4-12-24-16/h4-9,12H,2-3,10-11,13H2,1H3,(H,20,23)(H,21,22). The van der Waals surface area contributed by atoms with Gasteiger partial charge in [-0.3, -0.25) is 9.59 Å². The summed E-state index contributed by atoms with van der Waals surface area (Å²) in [4.78, 5) is 24.2. The molecule has 0 aliphatic heterocycles. The summed E-state index contributed by atoms with van der Waals surface area (Å²) in [6.07, 6.45) is 5.67. The summed E-state index contributed by atoms with van der Waals surface area (Å²) in [5.41, 5.74) is 1.48. The molecule has 2 N–H and O–H groups in total. The zero-order valence-electron chi connectivity index (χ0n) is 13.8. The number of furan rings is 1. The van der Waals surface area contributed by atoms with Crippen LogP contribution in [-0.4, -0.2) is 11.8 Å². The van der Waals surface area contributed by atoms with Gasteiger partial charge in [-0.05, 0) is 42.7 Å². The van der Waals surface area contributed by atoms with Gasteiger partial charge < -0.3 is 15.1 Å². The quantitative estimate of drug-likeness (QED) is 0.879. The minimum atomic E-state index is -0.282. The van der Waals surface area contributed by atoms with Gasteiger partial charge >= 0.3 is 0 Å². The molecule has 2 amide bonds. The van der Waals surface area contributed by atoms with Crippen molar-refractivity contribution in [1.29, 1.82) is 0 Å². The molecule has 1 aromatic carbocycles. The average molecular weight is 326 g/mol. The van der Waals surface area contributed by atoms with Crippen LogP contribution >= 0.6 is 0 Å². The largest absolute Gasteiger partial charge is 0.459 e. The molecule has 0 radical (unpaired) electrons. The van der Waals surface area contributed by atoms with Crippen molar-refractivity contribution in [3.8, 4) is 0 Å². The van der Waals surface area contributed by atoms with Crippen LogP contribution in [0.4, 0.5) is 5.69 Å². The minimum absolute atomic E-state index is 0.134. The molecule has 1 aliphatic rings. The van der Waals surface area contributed by atoms with Gasteiger partial charge in [0.2, 0.25) is 5.91 Å². The highest BCUT2D eigenvalue weighted by Crippen LogP contribution is 2.37. The monoisotopic (exact) mass is 326 g/mol. The van der Waals surface area contributed by atoms with E-state index in [1.54, 1.807) is 12.1 Å². The van der Waals surface area contributed by atoms with Gasteiger partial charge in [0.15, 0.2) is 5.76 Å². The number of anilines is 1. The molecule has 1 heterocycles. The third kappa shape index (κ3) is 3.67. The molecule has 0 unspecified atom stereocenters. The van der Waals surface area contributed by atoms with E-state index in [1.165, 1.54) is 6.26 Å². The Morgan fingerprint density at radius 1 is 1.12 bits per heavy atom. The minimum Gasteiger partial charge on any atom is -0.459 e. The number of carbonyl (C=O) groups is 2. The van der Waals surface area contributed by atoms with Crippen molar-refractivity contribution < 1.29 is 14.0 Å². The van der Waals surface area contributed by atoms with Crippen LogP contribution in [0.15, 0.2) is 47.1 Å². The van der Waals surface area contributed by atoms with Gasteiger partial charge in [0.05, 0.1) is 6.26 Å². The van der Waals surface area contributed by atoms with Gasteiger partial charge in [-0.2, -0.15) is 0 Å². The number of hydrogen-bond donors (Lipinski definition) is 2. The van der Waals surface area contributed by atoms with Gasteiger partial charge in [-0.1, -0.05) is 31.9 Å². The predicted octanol–water partition coefficient (Wildman–Crippen LogP) is 3.73. The van der Waals surface area contributed by atoms with Gasteiger partial charge in [0.1, 0.15) is 0 Å². The molecule has 126 valence electrons. The first-order valence-electron chi connectivity index (χ1n) is 8.29. The number of benzene rings is 1. The first-order chi connectivity index (χ1) is 11.6. The number of hydrogen-bond acceptors (Lipinski definition) is 3. The molecule has 24 heavy (non-hydrogen) atoms. The lowest BCUT2D eigenvalue weighted by Crippen LogP contribution is -2.36. The highest BCUT2D eigenvalue weighted by Gasteiger charge is 2.35. The van der Waals surface area contributed by atoms with Gasteiger partial charge in [0.25, 0.3) is 5.91 Å². The Labute approximate surface area is 141 Å². The summed E-state index contributed by atoms with van der Waals surface area (Å²) < 4.78 is 5.05. The van der Waals surface area contributed by atoms with E-state index in [2.05, 4.69) is 10.6 Å². The molecule has 3 rings (SSSR count). The molecule has 1 aromatic heterocycles. The molecule has 1 saturated carbocycles. The van der Waals surface area contributed by atoms with Crippen molar-refractivity contribution in [1.82, 2.24) is 5.32 Å². The third-order valence-corrected chi connectivity index (χ3v) is 4.67. The van der Waals surface area contributed by atoms with E-state index in [4.69, 9.17) is 4.42 Å². The Kier molecular flexibility index (Phi) is 4.69. The average Bonchev–Trinajstić information content (AvgIpc) is 3.26. The van der Waals surface area contributed by atoms with E-state index in [1.807, 2.05) is 31.2 Å². The number of amides is 2. The molecule has 2 aromatic rings. The van der Waals surface area contributed by atoms with E-state index in [-0.39, 0.29) is 23.0 Å². The predicted molar refractivity (Wildman–Crippen MR) is 91.5 cm³/mol. The maximum atomic E-state index is 12.3. The fourth-order valence-corrected chi connectivity index (χ4v) is 3.08. The smallest absolute Gasteiger partial charge is 0.291 e. The van der Waals surface area contributed by atoms with Crippen molar-refractivity contribution in [2.45, 2.75) is 39.2 Å². The summed E-state index contributed by atoms with van der Waals surface area (Å²) in [5, 5.41) is 5.79. The SMILES string of the molecule is CC1(C(=O)NCc2ccc(NC(=O)c3ccco3)cc2)CCCC1. The molecule has 5 heteroatoms. The van der Waals surface area contributed by atoms with Gasteiger partial charge in [-0.25, -0.2) is 0 Å². The highest BCUT2D eigenvalue weighted by atomic mass is 16.3. The van der Waals surface area contributed by atoms with Crippen LogP contribution in [0.25, 0.3) is 0 Å².